The highest BCUT2D eigenvalue weighted by molar-refractivity contribution is 7.99. The molecule has 0 radical (unpaired) electrons. The minimum absolute atomic E-state index is 0.00763. The monoisotopic (exact) mass is 390 g/mol. The van der Waals surface area contributed by atoms with Gasteiger partial charge in [-0.3, -0.25) is 9.36 Å². The number of ether oxygens (including phenoxy) is 1. The van der Waals surface area contributed by atoms with E-state index in [1.54, 1.807) is 6.26 Å². The predicted octanol–water partition coefficient (Wildman–Crippen LogP) is 3.43. The van der Waals surface area contributed by atoms with Gasteiger partial charge in [-0.2, -0.15) is 0 Å². The van der Waals surface area contributed by atoms with Gasteiger partial charge >= 0.3 is 0 Å². The van der Waals surface area contributed by atoms with Gasteiger partial charge in [0.15, 0.2) is 10.9 Å². The quantitative estimate of drug-likeness (QED) is 0.730. The van der Waals surface area contributed by atoms with Gasteiger partial charge in [0.2, 0.25) is 11.7 Å². The van der Waals surface area contributed by atoms with E-state index in [1.165, 1.54) is 31.0 Å². The molecule has 1 aliphatic heterocycles. The van der Waals surface area contributed by atoms with Crippen LogP contribution in [0, 0.1) is 0 Å². The van der Waals surface area contributed by atoms with E-state index in [-0.39, 0.29) is 12.0 Å². The molecule has 7 nitrogen and oxygen atoms in total. The van der Waals surface area contributed by atoms with E-state index in [9.17, 15) is 4.79 Å². The highest BCUT2D eigenvalue weighted by Crippen LogP contribution is 2.35. The van der Waals surface area contributed by atoms with E-state index in [2.05, 4.69) is 20.1 Å². The van der Waals surface area contributed by atoms with Crippen molar-refractivity contribution in [2.45, 2.75) is 62.2 Å². The molecule has 146 valence electrons. The summed E-state index contributed by atoms with van der Waals surface area (Å²) in [7, 11) is 0. The number of rotatable bonds is 7. The number of hydrogen-bond donors (Lipinski definition) is 1. The first-order valence-electron chi connectivity index (χ1n) is 9.81. The molecule has 4 rings (SSSR count). The molecule has 1 amide bonds. The number of amides is 1. The third kappa shape index (κ3) is 4.55. The minimum Gasteiger partial charge on any atom is -0.461 e. The first-order valence-corrected chi connectivity index (χ1v) is 10.8. The molecule has 1 unspecified atom stereocenters. The molecule has 0 bridgehead atoms. The van der Waals surface area contributed by atoms with Crippen molar-refractivity contribution in [2.75, 3.05) is 18.9 Å². The average molecular weight is 391 g/mol. The zero-order valence-electron chi connectivity index (χ0n) is 15.4. The van der Waals surface area contributed by atoms with Crippen LogP contribution in [0.25, 0.3) is 11.6 Å². The Labute approximate surface area is 163 Å². The number of nitrogens with one attached hydrogen (secondary N) is 1. The van der Waals surface area contributed by atoms with E-state index in [4.69, 9.17) is 9.15 Å². The third-order valence-corrected chi connectivity index (χ3v) is 6.17. The van der Waals surface area contributed by atoms with Gasteiger partial charge in [0.1, 0.15) is 0 Å². The van der Waals surface area contributed by atoms with Crippen LogP contribution in [0.4, 0.5) is 0 Å². The maximum absolute atomic E-state index is 12.2. The number of furan rings is 1. The Morgan fingerprint density at radius 2 is 2.11 bits per heavy atom. The summed E-state index contributed by atoms with van der Waals surface area (Å²) in [6, 6.07) is 4.14. The standard InChI is InChI=1S/C19H26N4O3S/c24-17(20-12-15-8-4-10-25-15)13-27-19-22-21-18(16-9-5-11-26-16)23(19)14-6-2-1-3-7-14/h5,9,11,14-15H,1-4,6-8,10,12-13H2,(H,20,24). The Morgan fingerprint density at radius 1 is 1.22 bits per heavy atom. The molecule has 0 spiro atoms. The largest absolute Gasteiger partial charge is 0.461 e. The van der Waals surface area contributed by atoms with Crippen molar-refractivity contribution >= 4 is 17.7 Å². The second-order valence-corrected chi connectivity index (χ2v) is 8.12. The van der Waals surface area contributed by atoms with Crippen LogP contribution in [0.2, 0.25) is 0 Å². The number of aromatic nitrogens is 3. The van der Waals surface area contributed by atoms with Gasteiger partial charge in [-0.15, -0.1) is 10.2 Å². The minimum atomic E-state index is 0.00763. The Morgan fingerprint density at radius 3 is 2.85 bits per heavy atom. The fourth-order valence-corrected chi connectivity index (χ4v) is 4.67. The topological polar surface area (TPSA) is 82.2 Å². The van der Waals surface area contributed by atoms with Gasteiger partial charge in [0.05, 0.1) is 18.1 Å². The summed E-state index contributed by atoms with van der Waals surface area (Å²) in [6.07, 6.45) is 9.86. The summed E-state index contributed by atoms with van der Waals surface area (Å²) in [5.74, 6) is 1.82. The molecule has 1 saturated carbocycles. The predicted molar refractivity (Wildman–Crippen MR) is 103 cm³/mol. The summed E-state index contributed by atoms with van der Waals surface area (Å²) >= 11 is 1.44. The third-order valence-electron chi connectivity index (χ3n) is 5.23. The number of thioether (sulfide) groups is 1. The molecule has 2 aromatic rings. The smallest absolute Gasteiger partial charge is 0.230 e. The fraction of sp³-hybridized carbons (Fsp3) is 0.632. The summed E-state index contributed by atoms with van der Waals surface area (Å²) in [6.45, 7) is 1.39. The van der Waals surface area contributed by atoms with Gasteiger partial charge in [-0.05, 0) is 37.8 Å². The number of carbonyl (C=O) groups excluding carboxylic acids is 1. The normalized spacial score (nSPS) is 20.8. The zero-order chi connectivity index (χ0) is 18.5. The molecule has 27 heavy (non-hydrogen) atoms. The Kier molecular flexibility index (Phi) is 6.14. The van der Waals surface area contributed by atoms with Crippen molar-refractivity contribution in [1.82, 2.24) is 20.1 Å². The Bertz CT molecular complexity index is 734. The van der Waals surface area contributed by atoms with Gasteiger partial charge < -0.3 is 14.5 Å². The van der Waals surface area contributed by atoms with Gasteiger partial charge in [-0.25, -0.2) is 0 Å². The van der Waals surface area contributed by atoms with Crippen LogP contribution < -0.4 is 5.32 Å². The fourth-order valence-electron chi connectivity index (χ4n) is 3.83. The lowest BCUT2D eigenvalue weighted by atomic mass is 9.95. The molecule has 2 aromatic heterocycles. The average Bonchev–Trinajstić information content (AvgIpc) is 3.46. The second kappa shape index (κ2) is 8.93. The molecule has 1 atom stereocenters. The maximum atomic E-state index is 12.2. The molecule has 3 heterocycles. The zero-order valence-corrected chi connectivity index (χ0v) is 16.2. The number of hydrogen-bond acceptors (Lipinski definition) is 6. The van der Waals surface area contributed by atoms with Crippen molar-refractivity contribution in [1.29, 1.82) is 0 Å². The molecule has 1 saturated heterocycles. The van der Waals surface area contributed by atoms with Crippen molar-refractivity contribution in [3.8, 4) is 11.6 Å². The highest BCUT2D eigenvalue weighted by Gasteiger charge is 2.25. The van der Waals surface area contributed by atoms with Crippen LogP contribution >= 0.6 is 11.8 Å². The Balaban J connectivity index is 1.42. The molecule has 2 fully saturated rings. The van der Waals surface area contributed by atoms with Crippen molar-refractivity contribution in [3.63, 3.8) is 0 Å². The highest BCUT2D eigenvalue weighted by atomic mass is 32.2. The summed E-state index contributed by atoms with van der Waals surface area (Å²) in [4.78, 5) is 12.2. The van der Waals surface area contributed by atoms with Crippen LogP contribution in [0.5, 0.6) is 0 Å². The number of carbonyl (C=O) groups is 1. The van der Waals surface area contributed by atoms with Gasteiger partial charge in [0, 0.05) is 19.2 Å². The summed E-state index contributed by atoms with van der Waals surface area (Å²) in [5.41, 5.74) is 0. The SMILES string of the molecule is O=C(CSc1nnc(-c2ccco2)n1C1CCCCC1)NCC1CCCO1. The van der Waals surface area contributed by atoms with Crippen molar-refractivity contribution < 1.29 is 13.9 Å². The molecule has 0 aromatic carbocycles. The van der Waals surface area contributed by atoms with Crippen LogP contribution in [0.3, 0.4) is 0 Å². The molecule has 1 N–H and O–H groups in total. The van der Waals surface area contributed by atoms with E-state index in [1.807, 2.05) is 12.1 Å². The molecular formula is C19H26N4O3S. The van der Waals surface area contributed by atoms with E-state index in [0.717, 1.165) is 49.0 Å². The van der Waals surface area contributed by atoms with Crippen LogP contribution in [-0.4, -0.2) is 45.7 Å². The van der Waals surface area contributed by atoms with Crippen LogP contribution in [-0.2, 0) is 9.53 Å². The van der Waals surface area contributed by atoms with Gasteiger partial charge in [0.25, 0.3) is 0 Å². The maximum Gasteiger partial charge on any atom is 0.230 e. The van der Waals surface area contributed by atoms with Crippen molar-refractivity contribution in [3.05, 3.63) is 18.4 Å². The molecule has 1 aliphatic carbocycles. The Hall–Kier alpha value is -1.80. The lowest BCUT2D eigenvalue weighted by molar-refractivity contribution is -0.119. The first-order chi connectivity index (χ1) is 13.3. The van der Waals surface area contributed by atoms with Crippen molar-refractivity contribution in [2.24, 2.45) is 0 Å². The van der Waals surface area contributed by atoms with E-state index < -0.39 is 0 Å². The van der Waals surface area contributed by atoms with Gasteiger partial charge in [-0.1, -0.05) is 31.0 Å². The summed E-state index contributed by atoms with van der Waals surface area (Å²) in [5, 5.41) is 12.5. The lowest BCUT2D eigenvalue weighted by Crippen LogP contribution is -2.33. The molecular weight excluding hydrogens is 364 g/mol. The second-order valence-electron chi connectivity index (χ2n) is 7.17. The lowest BCUT2D eigenvalue weighted by Gasteiger charge is -2.25. The molecule has 2 aliphatic rings. The molecule has 8 heteroatoms. The summed E-state index contributed by atoms with van der Waals surface area (Å²) < 4.78 is 13.3. The first kappa shape index (κ1) is 18.6. The van der Waals surface area contributed by atoms with Crippen LogP contribution in [0.15, 0.2) is 28.0 Å². The van der Waals surface area contributed by atoms with E-state index >= 15 is 0 Å². The van der Waals surface area contributed by atoms with E-state index in [0.29, 0.717) is 18.3 Å². The number of nitrogens with zero attached hydrogens (tertiary/aromatic N) is 3. The van der Waals surface area contributed by atoms with Crippen LogP contribution in [0.1, 0.15) is 51.0 Å².